The number of carboxylic acid groups (broad SMARTS) is 1. The van der Waals surface area contributed by atoms with E-state index in [0.717, 1.165) is 64.2 Å². The van der Waals surface area contributed by atoms with E-state index < -0.39 is 5.97 Å². The van der Waals surface area contributed by atoms with E-state index in [4.69, 9.17) is 9.84 Å². The first-order chi connectivity index (χ1) is 19.1. The zero-order valence-corrected chi connectivity index (χ0v) is 26.5. The molecule has 0 fully saturated rings. The van der Waals surface area contributed by atoms with Gasteiger partial charge in [0.2, 0.25) is 0 Å². The predicted octanol–water partition coefficient (Wildman–Crippen LogP) is 11.7. The second kappa shape index (κ2) is 31.5. The summed E-state index contributed by atoms with van der Waals surface area (Å²) < 4.78 is 5.89. The molecule has 0 aromatic heterocycles. The zero-order chi connectivity index (χ0) is 28.7. The highest BCUT2D eigenvalue weighted by Gasteiger charge is 2.13. The van der Waals surface area contributed by atoms with Crippen molar-refractivity contribution in [2.45, 2.75) is 213 Å². The van der Waals surface area contributed by atoms with Crippen LogP contribution in [0.1, 0.15) is 206 Å². The molecule has 0 aromatic rings. The number of rotatable bonds is 32. The number of hydrogen-bond donors (Lipinski definition) is 1. The van der Waals surface area contributed by atoms with Gasteiger partial charge >= 0.3 is 11.9 Å². The summed E-state index contributed by atoms with van der Waals surface area (Å²) in [6.45, 7) is 4.49. The Morgan fingerprint density at radius 1 is 0.462 bits per heavy atom. The van der Waals surface area contributed by atoms with Gasteiger partial charge in [0, 0.05) is 12.8 Å². The third kappa shape index (κ3) is 31.3. The van der Waals surface area contributed by atoms with Gasteiger partial charge in [0.25, 0.3) is 0 Å². The molecule has 4 heteroatoms. The maximum absolute atomic E-state index is 12.4. The molecule has 0 saturated carbocycles. The minimum atomic E-state index is -0.678. The van der Waals surface area contributed by atoms with Crippen molar-refractivity contribution >= 4 is 11.9 Å². The Labute approximate surface area is 243 Å². The minimum absolute atomic E-state index is 0.0219. The van der Waals surface area contributed by atoms with Gasteiger partial charge in [-0.2, -0.15) is 0 Å². The molecule has 232 valence electrons. The van der Waals surface area contributed by atoms with Crippen molar-refractivity contribution < 1.29 is 19.4 Å². The lowest BCUT2D eigenvalue weighted by atomic mass is 10.0. The summed E-state index contributed by atoms with van der Waals surface area (Å²) in [5, 5.41) is 8.67. The van der Waals surface area contributed by atoms with Crippen LogP contribution in [0.25, 0.3) is 0 Å². The third-order valence-corrected chi connectivity index (χ3v) is 8.08. The largest absolute Gasteiger partial charge is 0.481 e. The number of carbonyl (C=O) groups is 2. The molecule has 39 heavy (non-hydrogen) atoms. The number of esters is 1. The fourth-order valence-corrected chi connectivity index (χ4v) is 5.47. The maximum Gasteiger partial charge on any atom is 0.306 e. The van der Waals surface area contributed by atoms with Crippen LogP contribution in [-0.2, 0) is 14.3 Å². The summed E-state index contributed by atoms with van der Waals surface area (Å²) in [4.78, 5) is 22.9. The Balaban J connectivity index is 3.62. The van der Waals surface area contributed by atoms with Crippen LogP contribution in [0.5, 0.6) is 0 Å². The number of aliphatic carboxylic acids is 1. The molecule has 1 N–H and O–H groups in total. The average molecular weight is 553 g/mol. The Morgan fingerprint density at radius 2 is 0.795 bits per heavy atom. The fraction of sp³-hybridized carbons (Fsp3) is 0.943. The molecule has 0 saturated heterocycles. The van der Waals surface area contributed by atoms with Crippen LogP contribution >= 0.6 is 0 Å². The minimum Gasteiger partial charge on any atom is -0.481 e. The second-order valence-corrected chi connectivity index (χ2v) is 12.1. The van der Waals surface area contributed by atoms with Crippen LogP contribution in [0, 0.1) is 0 Å². The lowest BCUT2D eigenvalue weighted by molar-refractivity contribution is -0.150. The standard InChI is InChI=1S/C35H68O4/c1-3-5-7-8-9-10-11-12-13-14-15-19-22-25-28-32-35(38)39-33(29-6-4-2)30-26-23-20-17-16-18-21-24-27-31-34(36)37/h33H,3-32H2,1-2H3,(H,36,37). The Kier molecular flexibility index (Phi) is 30.6. The molecule has 0 spiro atoms. The highest BCUT2D eigenvalue weighted by atomic mass is 16.5. The van der Waals surface area contributed by atoms with Crippen molar-refractivity contribution in [1.29, 1.82) is 0 Å². The molecule has 0 rings (SSSR count). The van der Waals surface area contributed by atoms with Crippen molar-refractivity contribution in [2.24, 2.45) is 0 Å². The number of carboxylic acids is 1. The van der Waals surface area contributed by atoms with Gasteiger partial charge in [0.05, 0.1) is 0 Å². The molecule has 0 aliphatic rings. The summed E-state index contributed by atoms with van der Waals surface area (Å²) in [7, 11) is 0. The molecule has 0 bridgehead atoms. The van der Waals surface area contributed by atoms with Crippen LogP contribution in [0.3, 0.4) is 0 Å². The number of ether oxygens (including phenoxy) is 1. The Morgan fingerprint density at radius 3 is 1.21 bits per heavy atom. The Bertz CT molecular complexity index is 519. The van der Waals surface area contributed by atoms with E-state index >= 15 is 0 Å². The van der Waals surface area contributed by atoms with E-state index in [-0.39, 0.29) is 12.1 Å². The molecular formula is C35H68O4. The molecule has 0 aliphatic carbocycles. The quantitative estimate of drug-likeness (QED) is 0.0665. The molecule has 0 radical (unpaired) electrons. The van der Waals surface area contributed by atoms with Crippen LogP contribution in [-0.4, -0.2) is 23.1 Å². The lowest BCUT2D eigenvalue weighted by Crippen LogP contribution is -2.18. The van der Waals surface area contributed by atoms with Crippen LogP contribution < -0.4 is 0 Å². The van der Waals surface area contributed by atoms with Crippen molar-refractivity contribution in [3.05, 3.63) is 0 Å². The molecule has 1 atom stereocenters. The highest BCUT2D eigenvalue weighted by Crippen LogP contribution is 2.18. The van der Waals surface area contributed by atoms with Crippen molar-refractivity contribution in [1.82, 2.24) is 0 Å². The first kappa shape index (κ1) is 37.9. The van der Waals surface area contributed by atoms with E-state index in [0.29, 0.717) is 12.8 Å². The van der Waals surface area contributed by atoms with Gasteiger partial charge < -0.3 is 9.84 Å². The molecule has 0 aromatic carbocycles. The number of unbranched alkanes of at least 4 members (excludes halogenated alkanes) is 23. The average Bonchev–Trinajstić information content (AvgIpc) is 2.92. The summed E-state index contributed by atoms with van der Waals surface area (Å²) in [5.41, 5.74) is 0. The topological polar surface area (TPSA) is 63.6 Å². The first-order valence-electron chi connectivity index (χ1n) is 17.5. The molecule has 0 heterocycles. The Hall–Kier alpha value is -1.06. The van der Waals surface area contributed by atoms with Gasteiger partial charge in [-0.1, -0.05) is 162 Å². The first-order valence-corrected chi connectivity index (χ1v) is 17.5. The summed E-state index contributed by atoms with van der Waals surface area (Å²) in [5.74, 6) is -0.656. The van der Waals surface area contributed by atoms with Crippen LogP contribution in [0.4, 0.5) is 0 Å². The lowest BCUT2D eigenvalue weighted by Gasteiger charge is -2.18. The van der Waals surface area contributed by atoms with Gasteiger partial charge in [0.1, 0.15) is 6.10 Å². The molecular weight excluding hydrogens is 484 g/mol. The summed E-state index contributed by atoms with van der Waals surface area (Å²) in [6.07, 6.45) is 35.8. The number of hydrogen-bond acceptors (Lipinski definition) is 3. The van der Waals surface area contributed by atoms with Crippen molar-refractivity contribution in [2.75, 3.05) is 0 Å². The van der Waals surface area contributed by atoms with Gasteiger partial charge in [-0.05, 0) is 32.1 Å². The van der Waals surface area contributed by atoms with Gasteiger partial charge in [-0.3, -0.25) is 9.59 Å². The summed E-state index contributed by atoms with van der Waals surface area (Å²) in [6, 6.07) is 0. The van der Waals surface area contributed by atoms with E-state index in [1.165, 1.54) is 116 Å². The number of carbonyl (C=O) groups excluding carboxylic acids is 1. The van der Waals surface area contributed by atoms with Crippen molar-refractivity contribution in [3.63, 3.8) is 0 Å². The van der Waals surface area contributed by atoms with Crippen molar-refractivity contribution in [3.8, 4) is 0 Å². The van der Waals surface area contributed by atoms with Crippen LogP contribution in [0.15, 0.2) is 0 Å². The van der Waals surface area contributed by atoms with Crippen LogP contribution in [0.2, 0.25) is 0 Å². The SMILES string of the molecule is CCCCCCCCCCCCCCCCCC(=O)OC(CCCC)CCCCCCCCCCCC(=O)O. The van der Waals surface area contributed by atoms with E-state index in [1.54, 1.807) is 0 Å². The molecule has 0 amide bonds. The van der Waals surface area contributed by atoms with Gasteiger partial charge in [-0.15, -0.1) is 0 Å². The zero-order valence-electron chi connectivity index (χ0n) is 26.5. The molecule has 1 unspecified atom stereocenters. The van der Waals surface area contributed by atoms with E-state index in [9.17, 15) is 9.59 Å². The monoisotopic (exact) mass is 553 g/mol. The van der Waals surface area contributed by atoms with Gasteiger partial charge in [-0.25, -0.2) is 0 Å². The predicted molar refractivity (Wildman–Crippen MR) is 167 cm³/mol. The molecule has 0 aliphatic heterocycles. The van der Waals surface area contributed by atoms with E-state index in [1.807, 2.05) is 0 Å². The molecule has 4 nitrogen and oxygen atoms in total. The smallest absolute Gasteiger partial charge is 0.306 e. The third-order valence-electron chi connectivity index (χ3n) is 8.08. The van der Waals surface area contributed by atoms with E-state index in [2.05, 4.69) is 13.8 Å². The normalized spacial score (nSPS) is 12.1. The maximum atomic E-state index is 12.4. The fourth-order valence-electron chi connectivity index (χ4n) is 5.47. The highest BCUT2D eigenvalue weighted by molar-refractivity contribution is 5.69. The van der Waals surface area contributed by atoms with Gasteiger partial charge in [0.15, 0.2) is 0 Å². The summed E-state index contributed by atoms with van der Waals surface area (Å²) >= 11 is 0. The second-order valence-electron chi connectivity index (χ2n) is 12.1.